The first kappa shape index (κ1) is 26.2. The Bertz CT molecular complexity index is 1690. The summed E-state index contributed by atoms with van der Waals surface area (Å²) in [6, 6.07) is 12.8. The van der Waals surface area contributed by atoms with E-state index in [2.05, 4.69) is 9.97 Å². The van der Waals surface area contributed by atoms with Crippen molar-refractivity contribution in [2.75, 3.05) is 7.11 Å². The first-order valence-electron chi connectivity index (χ1n) is 12.2. The molecule has 0 aliphatic carbocycles. The molecule has 5 rings (SSSR count). The van der Waals surface area contributed by atoms with E-state index in [4.69, 9.17) is 13.9 Å². The van der Waals surface area contributed by atoms with Crippen molar-refractivity contribution in [1.29, 1.82) is 0 Å². The number of fused-ring (bicyclic) bond motifs is 1. The maximum absolute atomic E-state index is 13.8. The summed E-state index contributed by atoms with van der Waals surface area (Å²) in [6.45, 7) is 4.87. The molecule has 1 atom stereocenters. The number of para-hydroxylation sites is 1. The van der Waals surface area contributed by atoms with Crippen molar-refractivity contribution in [2.45, 2.75) is 38.7 Å². The summed E-state index contributed by atoms with van der Waals surface area (Å²) in [5.41, 5.74) is 0.518. The van der Waals surface area contributed by atoms with Crippen molar-refractivity contribution < 1.29 is 23.8 Å². The number of aliphatic carboxylic acids is 1. The van der Waals surface area contributed by atoms with Crippen LogP contribution in [0.5, 0.6) is 11.5 Å². The van der Waals surface area contributed by atoms with Gasteiger partial charge in [0.2, 0.25) is 5.89 Å². The van der Waals surface area contributed by atoms with Gasteiger partial charge in [0.15, 0.2) is 0 Å². The number of aryl methyl sites for hydroxylation is 1. The molecule has 1 aromatic carbocycles. The molecule has 0 aliphatic heterocycles. The Morgan fingerprint density at radius 1 is 1.18 bits per heavy atom. The molecule has 4 aromatic heterocycles. The number of hydrogen-bond donors (Lipinski definition) is 1. The minimum atomic E-state index is -1.43. The highest BCUT2D eigenvalue weighted by atomic mass is 32.1. The lowest BCUT2D eigenvalue weighted by atomic mass is 9.84. The standard InChI is InChI=1S/C29H27N3O6S/c1-17-24(25-31-13-14-37-25)39-27-18(15-21(26(33)32(17)27)29(2,3)28(34)35)16-23(38-19-9-11-30-12-10-19)20-7-5-6-8-22(20)36-4/h5-15,23H,16H2,1-4H3,(H,34,35)/t23-/m0/s1. The molecule has 0 amide bonds. The number of thiazole rings is 1. The maximum Gasteiger partial charge on any atom is 0.313 e. The molecule has 39 heavy (non-hydrogen) atoms. The van der Waals surface area contributed by atoms with E-state index in [0.717, 1.165) is 11.1 Å². The molecule has 0 unspecified atom stereocenters. The summed E-state index contributed by atoms with van der Waals surface area (Å²) >= 11 is 1.37. The second kappa shape index (κ2) is 10.4. The highest BCUT2D eigenvalue weighted by Gasteiger charge is 2.35. The lowest BCUT2D eigenvalue weighted by molar-refractivity contribution is -0.142. The molecule has 0 saturated heterocycles. The van der Waals surface area contributed by atoms with Gasteiger partial charge in [-0.3, -0.25) is 19.0 Å². The number of pyridine rings is 2. The van der Waals surface area contributed by atoms with E-state index in [1.54, 1.807) is 55.2 Å². The average Bonchev–Trinajstić information content (AvgIpc) is 3.58. The molecule has 0 radical (unpaired) electrons. The third kappa shape index (κ3) is 4.79. The van der Waals surface area contributed by atoms with E-state index in [1.165, 1.54) is 31.4 Å². The van der Waals surface area contributed by atoms with Gasteiger partial charge in [-0.15, -0.1) is 11.3 Å². The largest absolute Gasteiger partial charge is 0.496 e. The highest BCUT2D eigenvalue weighted by Crippen LogP contribution is 2.38. The summed E-state index contributed by atoms with van der Waals surface area (Å²) in [7, 11) is 1.60. The van der Waals surface area contributed by atoms with E-state index in [9.17, 15) is 14.7 Å². The Labute approximate surface area is 228 Å². The summed E-state index contributed by atoms with van der Waals surface area (Å²) in [5.74, 6) is 0.550. The zero-order chi connectivity index (χ0) is 27.7. The van der Waals surface area contributed by atoms with Crippen molar-refractivity contribution >= 4 is 22.1 Å². The molecule has 0 bridgehead atoms. The number of benzene rings is 1. The van der Waals surface area contributed by atoms with Crippen LogP contribution in [0.15, 0.2) is 76.5 Å². The molecule has 0 spiro atoms. The summed E-state index contributed by atoms with van der Waals surface area (Å²) in [5, 5.41) is 10.0. The second-order valence-corrected chi connectivity index (χ2v) is 10.5. The minimum Gasteiger partial charge on any atom is -0.496 e. The molecule has 9 nitrogen and oxygen atoms in total. The SMILES string of the molecule is COc1ccccc1[C@H](Cc1cc(C(C)(C)C(=O)O)c(=O)n2c(C)c(-c3ncco3)sc12)Oc1ccncc1. The topological polar surface area (TPSA) is 116 Å². The molecule has 0 saturated carbocycles. The molecular formula is C29H27N3O6S. The second-order valence-electron chi connectivity index (χ2n) is 9.55. The molecule has 1 N–H and O–H groups in total. The quantitative estimate of drug-likeness (QED) is 0.260. The number of carboxylic acids is 1. The Balaban J connectivity index is 1.75. The lowest BCUT2D eigenvalue weighted by Crippen LogP contribution is -2.36. The first-order valence-corrected chi connectivity index (χ1v) is 13.1. The third-order valence-corrected chi connectivity index (χ3v) is 8.06. The van der Waals surface area contributed by atoms with Gasteiger partial charge in [0.05, 0.1) is 18.7 Å². The third-order valence-electron chi connectivity index (χ3n) is 6.75. The van der Waals surface area contributed by atoms with Gasteiger partial charge < -0.3 is 19.0 Å². The van der Waals surface area contributed by atoms with Crippen LogP contribution in [-0.2, 0) is 16.6 Å². The highest BCUT2D eigenvalue weighted by molar-refractivity contribution is 7.21. The van der Waals surface area contributed by atoms with Crippen LogP contribution in [0.25, 0.3) is 15.6 Å². The Morgan fingerprint density at radius 2 is 1.92 bits per heavy atom. The smallest absolute Gasteiger partial charge is 0.313 e. The number of nitrogens with zero attached hydrogens (tertiary/aromatic N) is 3. The van der Waals surface area contributed by atoms with E-state index >= 15 is 0 Å². The van der Waals surface area contributed by atoms with Gasteiger partial charge in [-0.2, -0.15) is 0 Å². The zero-order valence-corrected chi connectivity index (χ0v) is 22.7. The fourth-order valence-corrected chi connectivity index (χ4v) is 5.72. The van der Waals surface area contributed by atoms with Crippen LogP contribution >= 0.6 is 11.3 Å². The molecule has 200 valence electrons. The van der Waals surface area contributed by atoms with Crippen molar-refractivity contribution in [3.8, 4) is 22.3 Å². The minimum absolute atomic E-state index is 0.171. The van der Waals surface area contributed by atoms with Crippen LogP contribution in [0.3, 0.4) is 0 Å². The summed E-state index contributed by atoms with van der Waals surface area (Å²) in [4.78, 5) is 35.7. The molecule has 10 heteroatoms. The van der Waals surface area contributed by atoms with Crippen LogP contribution in [0, 0.1) is 6.92 Å². The maximum atomic E-state index is 13.8. The normalized spacial score (nSPS) is 12.4. The number of hydrogen-bond acceptors (Lipinski definition) is 8. The first-order chi connectivity index (χ1) is 18.7. The summed E-state index contributed by atoms with van der Waals surface area (Å²) < 4.78 is 19.2. The Morgan fingerprint density at radius 3 is 2.59 bits per heavy atom. The number of rotatable bonds is 9. The van der Waals surface area contributed by atoms with Crippen molar-refractivity contribution in [3.63, 3.8) is 0 Å². The summed E-state index contributed by atoms with van der Waals surface area (Å²) in [6.07, 6.45) is 6.10. The Hall–Kier alpha value is -4.44. The van der Waals surface area contributed by atoms with Gasteiger partial charge in [0.25, 0.3) is 5.56 Å². The molecule has 5 aromatic rings. The number of methoxy groups -OCH3 is 1. The van der Waals surface area contributed by atoms with Gasteiger partial charge in [0, 0.05) is 35.6 Å². The van der Waals surface area contributed by atoms with E-state index in [-0.39, 0.29) is 5.56 Å². The molecule has 0 aliphatic rings. The van der Waals surface area contributed by atoms with Crippen LogP contribution in [-0.4, -0.2) is 32.6 Å². The van der Waals surface area contributed by atoms with Crippen molar-refractivity contribution in [2.24, 2.45) is 0 Å². The van der Waals surface area contributed by atoms with Gasteiger partial charge >= 0.3 is 5.97 Å². The Kier molecular flexibility index (Phi) is 6.96. The lowest BCUT2D eigenvalue weighted by Gasteiger charge is -2.24. The zero-order valence-electron chi connectivity index (χ0n) is 21.9. The fourth-order valence-electron chi connectivity index (χ4n) is 4.51. The predicted octanol–water partition coefficient (Wildman–Crippen LogP) is 5.45. The number of oxazole rings is 1. The molecule has 0 fully saturated rings. The monoisotopic (exact) mass is 545 g/mol. The van der Waals surface area contributed by atoms with Crippen LogP contribution < -0.4 is 15.0 Å². The van der Waals surface area contributed by atoms with E-state index in [1.807, 2.05) is 24.3 Å². The fraction of sp³-hybridized carbons (Fsp3) is 0.241. The van der Waals surface area contributed by atoms with Gasteiger partial charge in [-0.1, -0.05) is 18.2 Å². The van der Waals surface area contributed by atoms with Crippen LogP contribution in [0.2, 0.25) is 0 Å². The molecular weight excluding hydrogens is 518 g/mol. The van der Waals surface area contributed by atoms with Gasteiger partial charge in [-0.25, -0.2) is 4.98 Å². The van der Waals surface area contributed by atoms with Gasteiger partial charge in [0.1, 0.15) is 33.6 Å². The average molecular weight is 546 g/mol. The molecule has 4 heterocycles. The number of aromatic nitrogens is 3. The van der Waals surface area contributed by atoms with E-state index < -0.39 is 23.0 Å². The van der Waals surface area contributed by atoms with Crippen molar-refractivity contribution in [3.05, 3.63) is 100 Å². The number of carbonyl (C=O) groups is 1. The predicted molar refractivity (Wildman–Crippen MR) is 147 cm³/mol. The van der Waals surface area contributed by atoms with Crippen molar-refractivity contribution in [1.82, 2.24) is 14.4 Å². The van der Waals surface area contributed by atoms with Gasteiger partial charge in [-0.05, 0) is 50.6 Å². The van der Waals surface area contributed by atoms with Crippen LogP contribution in [0.1, 0.15) is 42.3 Å². The van der Waals surface area contributed by atoms with Crippen LogP contribution in [0.4, 0.5) is 0 Å². The number of carboxylic acid groups (broad SMARTS) is 1. The van der Waals surface area contributed by atoms with E-state index in [0.29, 0.717) is 39.2 Å². The number of ether oxygens (including phenoxy) is 2.